The lowest BCUT2D eigenvalue weighted by Crippen LogP contribution is -2.35. The number of hydrogen-bond donors (Lipinski definition) is 1. The first-order chi connectivity index (χ1) is 14.4. The van der Waals surface area contributed by atoms with Crippen LogP contribution in [0.4, 0.5) is 4.39 Å². The second kappa shape index (κ2) is 10.4. The van der Waals surface area contributed by atoms with E-state index in [2.05, 4.69) is 13.8 Å². The summed E-state index contributed by atoms with van der Waals surface area (Å²) in [5, 5.41) is 9.21. The van der Waals surface area contributed by atoms with Crippen molar-refractivity contribution in [3.8, 4) is 0 Å². The van der Waals surface area contributed by atoms with Gasteiger partial charge in [0.25, 0.3) is 0 Å². The molecule has 0 atom stereocenters. The van der Waals surface area contributed by atoms with Gasteiger partial charge in [-0.25, -0.2) is 9.38 Å². The highest BCUT2D eigenvalue weighted by Crippen LogP contribution is 2.37. The van der Waals surface area contributed by atoms with E-state index in [1.165, 1.54) is 12.1 Å². The molecule has 158 valence electrons. The minimum Gasteiger partial charge on any atom is -0.481 e. The summed E-state index contributed by atoms with van der Waals surface area (Å²) in [6.45, 7) is 5.28. The summed E-state index contributed by atoms with van der Waals surface area (Å²) >= 11 is 1.72. The van der Waals surface area contributed by atoms with E-state index < -0.39 is 5.97 Å². The number of amidine groups is 1. The van der Waals surface area contributed by atoms with Crippen molar-refractivity contribution in [3.05, 3.63) is 76.4 Å². The Hall–Kier alpha value is -2.60. The highest BCUT2D eigenvalue weighted by molar-refractivity contribution is 8.04. The lowest BCUT2D eigenvalue weighted by molar-refractivity contribution is -0.137. The van der Waals surface area contributed by atoms with Crippen LogP contribution < -0.4 is 0 Å². The Morgan fingerprint density at radius 1 is 1.20 bits per heavy atom. The predicted molar refractivity (Wildman–Crippen MR) is 122 cm³/mol. The van der Waals surface area contributed by atoms with Crippen LogP contribution in [0.25, 0.3) is 5.70 Å². The van der Waals surface area contributed by atoms with Crippen LogP contribution in [0, 0.1) is 11.7 Å². The first-order valence-electron chi connectivity index (χ1n) is 10.1. The van der Waals surface area contributed by atoms with Crippen molar-refractivity contribution in [3.63, 3.8) is 0 Å². The monoisotopic (exact) mass is 426 g/mol. The van der Waals surface area contributed by atoms with E-state index in [0.29, 0.717) is 24.8 Å². The topological polar surface area (TPSA) is 52.9 Å². The number of thioether (sulfide) groups is 1. The Bertz CT molecular complexity index is 941. The smallest absolute Gasteiger partial charge is 0.305 e. The molecule has 0 radical (unpaired) electrons. The fourth-order valence-corrected chi connectivity index (χ4v) is 4.63. The normalized spacial score (nSPS) is 14.1. The third-order valence-electron chi connectivity index (χ3n) is 4.75. The van der Waals surface area contributed by atoms with Crippen LogP contribution in [0.2, 0.25) is 0 Å². The third-order valence-corrected chi connectivity index (χ3v) is 5.86. The highest BCUT2D eigenvalue weighted by Gasteiger charge is 2.23. The average Bonchev–Trinajstić information content (AvgIpc) is 2.71. The van der Waals surface area contributed by atoms with Crippen molar-refractivity contribution in [1.29, 1.82) is 0 Å². The summed E-state index contributed by atoms with van der Waals surface area (Å²) in [4.78, 5) is 19.3. The van der Waals surface area contributed by atoms with Gasteiger partial charge < -0.3 is 10.0 Å². The SMILES string of the molecule is CC(C)CC1=C(c2cccc(F)c2)N=C(N(CCC(=O)O)Cc2ccccc2)CS1. The van der Waals surface area contributed by atoms with Gasteiger partial charge in [-0.1, -0.05) is 56.3 Å². The molecule has 1 N–H and O–H groups in total. The van der Waals surface area contributed by atoms with E-state index in [-0.39, 0.29) is 12.2 Å². The van der Waals surface area contributed by atoms with Crippen LogP contribution in [0.3, 0.4) is 0 Å². The molecule has 1 aliphatic heterocycles. The minimum atomic E-state index is -0.835. The van der Waals surface area contributed by atoms with Gasteiger partial charge in [-0.05, 0) is 30.0 Å². The molecule has 1 heterocycles. The molecule has 0 aromatic heterocycles. The highest BCUT2D eigenvalue weighted by atomic mass is 32.2. The molecule has 2 aromatic carbocycles. The summed E-state index contributed by atoms with van der Waals surface area (Å²) in [5.41, 5.74) is 2.65. The number of rotatable bonds is 8. The first kappa shape index (κ1) is 22.1. The molecule has 4 nitrogen and oxygen atoms in total. The molecule has 1 aliphatic rings. The molecule has 0 fully saturated rings. The molecular formula is C24H27FN2O2S. The number of nitrogens with zero attached hydrogens (tertiary/aromatic N) is 2. The van der Waals surface area contributed by atoms with Crippen LogP contribution in [-0.2, 0) is 11.3 Å². The maximum absolute atomic E-state index is 13.9. The zero-order valence-corrected chi connectivity index (χ0v) is 18.2. The Morgan fingerprint density at radius 3 is 2.63 bits per heavy atom. The predicted octanol–water partition coefficient (Wildman–Crippen LogP) is 5.66. The van der Waals surface area contributed by atoms with Crippen molar-refractivity contribution < 1.29 is 14.3 Å². The lowest BCUT2D eigenvalue weighted by Gasteiger charge is -2.29. The summed E-state index contributed by atoms with van der Waals surface area (Å²) < 4.78 is 13.9. The van der Waals surface area contributed by atoms with E-state index in [9.17, 15) is 14.3 Å². The van der Waals surface area contributed by atoms with Crippen molar-refractivity contribution in [1.82, 2.24) is 4.90 Å². The lowest BCUT2D eigenvalue weighted by atomic mass is 10.1. The molecule has 0 saturated carbocycles. The van der Waals surface area contributed by atoms with Crippen molar-refractivity contribution >= 4 is 29.3 Å². The number of carbonyl (C=O) groups is 1. The van der Waals surface area contributed by atoms with Crippen molar-refractivity contribution in [2.75, 3.05) is 12.3 Å². The van der Waals surface area contributed by atoms with Gasteiger partial charge in [-0.15, -0.1) is 11.8 Å². The Labute approximate surface area is 181 Å². The molecule has 30 heavy (non-hydrogen) atoms. The largest absolute Gasteiger partial charge is 0.481 e. The fourth-order valence-electron chi connectivity index (χ4n) is 3.33. The number of allylic oxidation sites excluding steroid dienone is 1. The summed E-state index contributed by atoms with van der Waals surface area (Å²) in [7, 11) is 0. The zero-order valence-electron chi connectivity index (χ0n) is 17.3. The van der Waals surface area contributed by atoms with Crippen molar-refractivity contribution in [2.24, 2.45) is 10.9 Å². The number of carboxylic acid groups (broad SMARTS) is 1. The van der Waals surface area contributed by atoms with Gasteiger partial charge >= 0.3 is 5.97 Å². The van der Waals surface area contributed by atoms with Gasteiger partial charge in [0.2, 0.25) is 0 Å². The molecule has 0 bridgehead atoms. The standard InChI is InChI=1S/C24H27FN2O2S/c1-17(2)13-21-24(19-9-6-10-20(25)14-19)26-22(16-30-21)27(12-11-23(28)29)15-18-7-4-3-5-8-18/h3-10,14,17H,11-13,15-16H2,1-2H3,(H,28,29). The third kappa shape index (κ3) is 6.20. The van der Waals surface area contributed by atoms with Crippen LogP contribution in [-0.4, -0.2) is 34.1 Å². The maximum Gasteiger partial charge on any atom is 0.305 e. The van der Waals surface area contributed by atoms with Gasteiger partial charge in [0.05, 0.1) is 17.9 Å². The number of halogens is 1. The van der Waals surface area contributed by atoms with E-state index in [4.69, 9.17) is 4.99 Å². The van der Waals surface area contributed by atoms with Gasteiger partial charge in [0.15, 0.2) is 0 Å². The van der Waals surface area contributed by atoms with Crippen LogP contribution >= 0.6 is 11.8 Å². The maximum atomic E-state index is 13.9. The summed E-state index contributed by atoms with van der Waals surface area (Å²) in [5.74, 6) is 0.840. The van der Waals surface area contributed by atoms with Crippen LogP contribution in [0.15, 0.2) is 64.5 Å². The zero-order chi connectivity index (χ0) is 21.5. The summed E-state index contributed by atoms with van der Waals surface area (Å²) in [6.07, 6.45) is 0.912. The van der Waals surface area contributed by atoms with Gasteiger partial charge in [-0.3, -0.25) is 4.79 Å². The summed E-state index contributed by atoms with van der Waals surface area (Å²) in [6, 6.07) is 16.5. The molecule has 0 unspecified atom stereocenters. The Kier molecular flexibility index (Phi) is 7.69. The van der Waals surface area contributed by atoms with Crippen LogP contribution in [0.5, 0.6) is 0 Å². The van der Waals surface area contributed by atoms with Gasteiger partial charge in [0.1, 0.15) is 11.7 Å². The molecule has 6 heteroatoms. The molecule has 0 amide bonds. The fraction of sp³-hybridized carbons (Fsp3) is 0.333. The molecule has 3 rings (SSSR count). The number of aliphatic imine (C=N–C) groups is 1. The average molecular weight is 427 g/mol. The minimum absolute atomic E-state index is 0.0361. The van der Waals surface area contributed by atoms with Crippen molar-refractivity contribution in [2.45, 2.75) is 33.2 Å². The molecule has 2 aromatic rings. The van der Waals surface area contributed by atoms with E-state index in [1.54, 1.807) is 17.8 Å². The Morgan fingerprint density at radius 2 is 1.97 bits per heavy atom. The van der Waals surface area contributed by atoms with E-state index in [0.717, 1.165) is 34.0 Å². The molecule has 0 spiro atoms. The number of benzene rings is 2. The number of aliphatic carboxylic acids is 1. The number of carboxylic acids is 1. The van der Waals surface area contributed by atoms with E-state index in [1.807, 2.05) is 41.3 Å². The van der Waals surface area contributed by atoms with Crippen LogP contribution in [0.1, 0.15) is 37.8 Å². The molecule has 0 aliphatic carbocycles. The molecule has 0 saturated heterocycles. The molecular weight excluding hydrogens is 399 g/mol. The van der Waals surface area contributed by atoms with E-state index >= 15 is 0 Å². The first-order valence-corrected chi connectivity index (χ1v) is 11.1. The Balaban J connectivity index is 1.97. The van der Waals surface area contributed by atoms with Gasteiger partial charge in [0, 0.05) is 23.6 Å². The van der Waals surface area contributed by atoms with Gasteiger partial charge in [-0.2, -0.15) is 0 Å². The quantitative estimate of drug-likeness (QED) is 0.592. The second-order valence-corrected chi connectivity index (χ2v) is 8.82. The number of hydrogen-bond acceptors (Lipinski definition) is 4. The second-order valence-electron chi connectivity index (χ2n) is 7.75.